The molecule has 1 fully saturated rings. The van der Waals surface area contributed by atoms with Gasteiger partial charge in [-0.2, -0.15) is 5.10 Å². The van der Waals surface area contributed by atoms with E-state index in [0.717, 1.165) is 12.8 Å². The third-order valence-corrected chi connectivity index (χ3v) is 3.35. The predicted octanol–water partition coefficient (Wildman–Crippen LogP) is 0.0183. The van der Waals surface area contributed by atoms with Gasteiger partial charge in [-0.05, 0) is 12.8 Å². The highest BCUT2D eigenvalue weighted by Gasteiger charge is 2.27. The first-order valence-corrected chi connectivity index (χ1v) is 6.11. The summed E-state index contributed by atoms with van der Waals surface area (Å²) in [6.07, 6.45) is 4.75. The second-order valence-corrected chi connectivity index (χ2v) is 4.58. The molecule has 1 aromatic rings. The molecule has 18 heavy (non-hydrogen) atoms. The van der Waals surface area contributed by atoms with Gasteiger partial charge in [0.2, 0.25) is 5.91 Å². The SMILES string of the molecule is CNC(=O)C1CCN(C(=O)c2cnn(C)c2)CC1. The summed E-state index contributed by atoms with van der Waals surface area (Å²) in [6.45, 7) is 1.26. The maximum absolute atomic E-state index is 12.1. The molecule has 0 radical (unpaired) electrons. The summed E-state index contributed by atoms with van der Waals surface area (Å²) < 4.78 is 1.62. The van der Waals surface area contributed by atoms with Crippen molar-refractivity contribution in [1.29, 1.82) is 0 Å². The van der Waals surface area contributed by atoms with Crippen LogP contribution < -0.4 is 5.32 Å². The number of nitrogens with one attached hydrogen (secondary N) is 1. The summed E-state index contributed by atoms with van der Waals surface area (Å²) >= 11 is 0. The normalized spacial score (nSPS) is 16.7. The summed E-state index contributed by atoms with van der Waals surface area (Å²) in [6, 6.07) is 0. The van der Waals surface area contributed by atoms with Crippen LogP contribution in [-0.2, 0) is 11.8 Å². The molecule has 0 atom stereocenters. The average Bonchev–Trinajstić information content (AvgIpc) is 2.84. The molecule has 0 aromatic carbocycles. The fraction of sp³-hybridized carbons (Fsp3) is 0.583. The molecule has 1 aliphatic rings. The lowest BCUT2D eigenvalue weighted by molar-refractivity contribution is -0.125. The summed E-state index contributed by atoms with van der Waals surface area (Å²) in [5, 5.41) is 6.65. The van der Waals surface area contributed by atoms with Crippen molar-refractivity contribution in [2.24, 2.45) is 13.0 Å². The zero-order chi connectivity index (χ0) is 13.1. The van der Waals surface area contributed by atoms with Gasteiger partial charge in [0.25, 0.3) is 5.91 Å². The molecule has 6 heteroatoms. The first-order valence-electron chi connectivity index (χ1n) is 6.11. The van der Waals surface area contributed by atoms with Crippen LogP contribution in [0.3, 0.4) is 0 Å². The van der Waals surface area contributed by atoms with Gasteiger partial charge in [0.15, 0.2) is 0 Å². The maximum Gasteiger partial charge on any atom is 0.257 e. The molecule has 2 amide bonds. The van der Waals surface area contributed by atoms with Gasteiger partial charge in [-0.3, -0.25) is 14.3 Å². The number of aromatic nitrogens is 2. The fourth-order valence-electron chi connectivity index (χ4n) is 2.26. The fourth-order valence-corrected chi connectivity index (χ4v) is 2.26. The van der Waals surface area contributed by atoms with Crippen LogP contribution in [0.4, 0.5) is 0 Å². The Bertz CT molecular complexity index is 447. The molecule has 2 rings (SSSR count). The first-order chi connectivity index (χ1) is 8.61. The number of hydrogen-bond donors (Lipinski definition) is 1. The number of aryl methyl sites for hydroxylation is 1. The van der Waals surface area contributed by atoms with Gasteiger partial charge < -0.3 is 10.2 Å². The third-order valence-electron chi connectivity index (χ3n) is 3.35. The van der Waals surface area contributed by atoms with E-state index in [9.17, 15) is 9.59 Å². The van der Waals surface area contributed by atoms with Crippen molar-refractivity contribution in [3.8, 4) is 0 Å². The smallest absolute Gasteiger partial charge is 0.257 e. The van der Waals surface area contributed by atoms with Crippen molar-refractivity contribution < 1.29 is 9.59 Å². The Kier molecular flexibility index (Phi) is 3.64. The number of rotatable bonds is 2. The van der Waals surface area contributed by atoms with Gasteiger partial charge in [-0.25, -0.2) is 0 Å². The van der Waals surface area contributed by atoms with Gasteiger partial charge in [-0.1, -0.05) is 0 Å². The molecular weight excluding hydrogens is 232 g/mol. The molecule has 2 heterocycles. The number of nitrogens with zero attached hydrogens (tertiary/aromatic N) is 3. The van der Waals surface area contributed by atoms with Gasteiger partial charge in [0.1, 0.15) is 0 Å². The molecule has 98 valence electrons. The van der Waals surface area contributed by atoms with Crippen molar-refractivity contribution in [1.82, 2.24) is 20.0 Å². The standard InChI is InChI=1S/C12H18N4O2/c1-13-11(17)9-3-5-16(6-4-9)12(18)10-7-14-15(2)8-10/h7-9H,3-6H2,1-2H3,(H,13,17). The Balaban J connectivity index is 1.94. The van der Waals surface area contributed by atoms with E-state index in [1.54, 1.807) is 36.1 Å². The van der Waals surface area contributed by atoms with Gasteiger partial charge in [-0.15, -0.1) is 0 Å². The minimum Gasteiger partial charge on any atom is -0.359 e. The molecule has 0 unspecified atom stereocenters. The van der Waals surface area contributed by atoms with Crippen LogP contribution >= 0.6 is 0 Å². The van der Waals surface area contributed by atoms with Crippen LogP contribution in [0.5, 0.6) is 0 Å². The molecule has 1 saturated heterocycles. The van der Waals surface area contributed by atoms with Crippen molar-refractivity contribution in [2.75, 3.05) is 20.1 Å². The van der Waals surface area contributed by atoms with Gasteiger partial charge in [0.05, 0.1) is 11.8 Å². The van der Waals surface area contributed by atoms with Gasteiger partial charge >= 0.3 is 0 Å². The Morgan fingerprint density at radius 3 is 2.56 bits per heavy atom. The summed E-state index contributed by atoms with van der Waals surface area (Å²) in [5.74, 6) is 0.106. The number of amides is 2. The Morgan fingerprint density at radius 2 is 2.06 bits per heavy atom. The molecule has 0 aliphatic carbocycles. The molecule has 0 bridgehead atoms. The van der Waals surface area contributed by atoms with E-state index in [-0.39, 0.29) is 17.7 Å². The second-order valence-electron chi connectivity index (χ2n) is 4.58. The van der Waals surface area contributed by atoms with Crippen LogP contribution in [0.15, 0.2) is 12.4 Å². The first kappa shape index (κ1) is 12.6. The van der Waals surface area contributed by atoms with E-state index in [0.29, 0.717) is 18.7 Å². The number of carbonyl (C=O) groups excluding carboxylic acids is 2. The number of carbonyl (C=O) groups is 2. The maximum atomic E-state index is 12.1. The average molecular weight is 250 g/mol. The number of hydrogen-bond acceptors (Lipinski definition) is 3. The highest BCUT2D eigenvalue weighted by molar-refractivity contribution is 5.94. The molecular formula is C12H18N4O2. The van der Waals surface area contributed by atoms with Crippen molar-refractivity contribution in [3.05, 3.63) is 18.0 Å². The third kappa shape index (κ3) is 2.52. The van der Waals surface area contributed by atoms with Gasteiger partial charge in [0, 0.05) is 39.3 Å². The highest BCUT2D eigenvalue weighted by atomic mass is 16.2. The summed E-state index contributed by atoms with van der Waals surface area (Å²) in [5.41, 5.74) is 0.607. The van der Waals surface area contributed by atoms with Crippen LogP contribution in [0, 0.1) is 5.92 Å². The van der Waals surface area contributed by atoms with Crippen LogP contribution in [0.2, 0.25) is 0 Å². The van der Waals surface area contributed by atoms with E-state index in [2.05, 4.69) is 10.4 Å². The number of likely N-dealkylation sites (tertiary alicyclic amines) is 1. The van der Waals surface area contributed by atoms with E-state index in [1.807, 2.05) is 0 Å². The van der Waals surface area contributed by atoms with Crippen LogP contribution in [0.1, 0.15) is 23.2 Å². The lowest BCUT2D eigenvalue weighted by Crippen LogP contribution is -2.42. The molecule has 1 aromatic heterocycles. The molecule has 0 spiro atoms. The lowest BCUT2D eigenvalue weighted by atomic mass is 9.95. The van der Waals surface area contributed by atoms with Crippen molar-refractivity contribution >= 4 is 11.8 Å². The zero-order valence-corrected chi connectivity index (χ0v) is 10.7. The Labute approximate surface area is 106 Å². The number of piperidine rings is 1. The minimum atomic E-state index is -0.00143. The monoisotopic (exact) mass is 250 g/mol. The van der Waals surface area contributed by atoms with Crippen molar-refractivity contribution in [3.63, 3.8) is 0 Å². The van der Waals surface area contributed by atoms with E-state index in [4.69, 9.17) is 0 Å². The van der Waals surface area contributed by atoms with E-state index >= 15 is 0 Å². The van der Waals surface area contributed by atoms with Crippen molar-refractivity contribution in [2.45, 2.75) is 12.8 Å². The largest absolute Gasteiger partial charge is 0.359 e. The zero-order valence-electron chi connectivity index (χ0n) is 10.7. The molecule has 6 nitrogen and oxygen atoms in total. The second kappa shape index (κ2) is 5.20. The highest BCUT2D eigenvalue weighted by Crippen LogP contribution is 2.18. The Hall–Kier alpha value is -1.85. The lowest BCUT2D eigenvalue weighted by Gasteiger charge is -2.30. The molecule has 1 N–H and O–H groups in total. The predicted molar refractivity (Wildman–Crippen MR) is 65.9 cm³/mol. The summed E-state index contributed by atoms with van der Waals surface area (Å²) in [7, 11) is 3.43. The van der Waals surface area contributed by atoms with E-state index in [1.165, 1.54) is 0 Å². The summed E-state index contributed by atoms with van der Waals surface area (Å²) in [4.78, 5) is 25.4. The molecule has 0 saturated carbocycles. The molecule has 1 aliphatic heterocycles. The minimum absolute atomic E-state index is 0.00143. The van der Waals surface area contributed by atoms with Crippen LogP contribution in [0.25, 0.3) is 0 Å². The Morgan fingerprint density at radius 1 is 1.39 bits per heavy atom. The quantitative estimate of drug-likeness (QED) is 0.804. The van der Waals surface area contributed by atoms with Crippen LogP contribution in [-0.4, -0.2) is 46.6 Å². The topological polar surface area (TPSA) is 67.2 Å². The van der Waals surface area contributed by atoms with E-state index < -0.39 is 0 Å².